The molecule has 0 unspecified atom stereocenters. The van der Waals surface area contributed by atoms with E-state index in [-0.39, 0.29) is 17.8 Å². The van der Waals surface area contributed by atoms with Crippen molar-refractivity contribution in [1.82, 2.24) is 14.3 Å². The van der Waals surface area contributed by atoms with Crippen molar-refractivity contribution in [2.75, 3.05) is 30.0 Å². The number of aromatic amines is 1. The summed E-state index contributed by atoms with van der Waals surface area (Å²) in [6.07, 6.45) is 6.01. The number of sulfonamides is 1. The van der Waals surface area contributed by atoms with Crippen molar-refractivity contribution >= 4 is 39.0 Å². The molecular weight excluding hydrogens is 457 g/mol. The number of carbonyl (C=O) groups excluding carboxylic acids is 1. The minimum Gasteiger partial charge on any atom is -0.382 e. The molecule has 2 aliphatic rings. The number of fused-ring (bicyclic) bond motifs is 1. The number of halogens is 1. The van der Waals surface area contributed by atoms with Crippen molar-refractivity contribution in [2.45, 2.75) is 18.9 Å². The lowest BCUT2D eigenvalue weighted by Gasteiger charge is -2.31. The normalized spacial score (nSPS) is 18.2. The van der Waals surface area contributed by atoms with Gasteiger partial charge in [0.05, 0.1) is 17.5 Å². The SMILES string of the molecule is CS(=O)(=O)N1CCC(Nc2ccc3c(c2)/C(=C/c2nc(-c4cccc(F)c4)c[nH]2)C(=O)N3)CC1. The molecule has 2 aliphatic heterocycles. The van der Waals surface area contributed by atoms with E-state index < -0.39 is 10.0 Å². The molecule has 10 heteroatoms. The molecule has 176 valence electrons. The number of piperidine rings is 1. The molecular formula is C24H24FN5O3S. The molecule has 3 heterocycles. The number of amides is 1. The molecule has 0 radical (unpaired) electrons. The first-order valence-electron chi connectivity index (χ1n) is 11.0. The maximum absolute atomic E-state index is 13.5. The zero-order valence-electron chi connectivity index (χ0n) is 18.5. The summed E-state index contributed by atoms with van der Waals surface area (Å²) in [7, 11) is -3.17. The lowest BCUT2D eigenvalue weighted by Crippen LogP contribution is -2.41. The highest BCUT2D eigenvalue weighted by molar-refractivity contribution is 7.88. The number of anilines is 2. The Labute approximate surface area is 197 Å². The van der Waals surface area contributed by atoms with Crippen LogP contribution in [-0.4, -0.2) is 54.0 Å². The number of H-pyrrole nitrogens is 1. The Bertz CT molecular complexity index is 1390. The molecule has 0 spiro atoms. The molecule has 8 nitrogen and oxygen atoms in total. The highest BCUT2D eigenvalue weighted by atomic mass is 32.2. The fraction of sp³-hybridized carbons (Fsp3) is 0.250. The van der Waals surface area contributed by atoms with Gasteiger partial charge in [0, 0.05) is 47.8 Å². The molecule has 0 bridgehead atoms. The second-order valence-corrected chi connectivity index (χ2v) is 10.5. The summed E-state index contributed by atoms with van der Waals surface area (Å²) in [5.74, 6) is -0.0763. The van der Waals surface area contributed by atoms with Crippen LogP contribution in [0, 0.1) is 5.82 Å². The van der Waals surface area contributed by atoms with Crippen molar-refractivity contribution in [1.29, 1.82) is 0 Å². The van der Waals surface area contributed by atoms with Crippen LogP contribution in [0.25, 0.3) is 22.9 Å². The topological polar surface area (TPSA) is 107 Å². The van der Waals surface area contributed by atoms with Crippen molar-refractivity contribution < 1.29 is 17.6 Å². The summed E-state index contributed by atoms with van der Waals surface area (Å²) in [5, 5.41) is 6.33. The largest absolute Gasteiger partial charge is 0.382 e. The van der Waals surface area contributed by atoms with Crippen LogP contribution in [0.4, 0.5) is 15.8 Å². The minimum absolute atomic E-state index is 0.146. The Morgan fingerprint density at radius 3 is 2.71 bits per heavy atom. The summed E-state index contributed by atoms with van der Waals surface area (Å²) in [4.78, 5) is 20.2. The van der Waals surface area contributed by atoms with Gasteiger partial charge >= 0.3 is 0 Å². The number of imidazole rings is 1. The Morgan fingerprint density at radius 1 is 1.18 bits per heavy atom. The van der Waals surface area contributed by atoms with Gasteiger partial charge in [-0.2, -0.15) is 0 Å². The number of nitrogens with one attached hydrogen (secondary N) is 3. The summed E-state index contributed by atoms with van der Waals surface area (Å²) in [6, 6.07) is 12.0. The molecule has 34 heavy (non-hydrogen) atoms. The number of hydrogen-bond donors (Lipinski definition) is 3. The fourth-order valence-corrected chi connectivity index (χ4v) is 5.21. The first-order chi connectivity index (χ1) is 16.3. The predicted molar refractivity (Wildman–Crippen MR) is 130 cm³/mol. The van der Waals surface area contributed by atoms with Gasteiger partial charge in [0.2, 0.25) is 10.0 Å². The van der Waals surface area contributed by atoms with Gasteiger partial charge in [-0.25, -0.2) is 22.1 Å². The molecule has 0 saturated carbocycles. The summed E-state index contributed by atoms with van der Waals surface area (Å²) in [5.41, 5.74) is 4.04. The van der Waals surface area contributed by atoms with E-state index in [1.807, 2.05) is 18.2 Å². The van der Waals surface area contributed by atoms with E-state index in [2.05, 4.69) is 20.6 Å². The quantitative estimate of drug-likeness (QED) is 0.483. The van der Waals surface area contributed by atoms with Crippen LogP contribution < -0.4 is 10.6 Å². The summed E-state index contributed by atoms with van der Waals surface area (Å²) >= 11 is 0. The van der Waals surface area contributed by atoms with Crippen LogP contribution in [0.3, 0.4) is 0 Å². The van der Waals surface area contributed by atoms with Gasteiger partial charge in [-0.05, 0) is 49.2 Å². The van der Waals surface area contributed by atoms with Crippen molar-refractivity contribution in [3.05, 3.63) is 65.9 Å². The molecule has 0 aliphatic carbocycles. The van der Waals surface area contributed by atoms with E-state index in [0.717, 1.165) is 11.3 Å². The van der Waals surface area contributed by atoms with Gasteiger partial charge in [0.1, 0.15) is 11.6 Å². The van der Waals surface area contributed by atoms with Gasteiger partial charge in [0.15, 0.2) is 0 Å². The predicted octanol–water partition coefficient (Wildman–Crippen LogP) is 3.54. The molecule has 2 aromatic carbocycles. The number of hydrogen-bond acceptors (Lipinski definition) is 5. The molecule has 5 rings (SSSR count). The van der Waals surface area contributed by atoms with E-state index in [0.29, 0.717) is 54.3 Å². The Kier molecular flexibility index (Phi) is 5.70. The van der Waals surface area contributed by atoms with Gasteiger partial charge < -0.3 is 15.6 Å². The number of carbonyl (C=O) groups is 1. The highest BCUT2D eigenvalue weighted by Crippen LogP contribution is 2.35. The third-order valence-electron chi connectivity index (χ3n) is 6.10. The zero-order chi connectivity index (χ0) is 23.9. The molecule has 1 saturated heterocycles. The van der Waals surface area contributed by atoms with Crippen molar-refractivity contribution in [3.8, 4) is 11.3 Å². The number of aromatic nitrogens is 2. The number of nitrogens with zero attached hydrogens (tertiary/aromatic N) is 2. The van der Waals surface area contributed by atoms with Crippen molar-refractivity contribution in [2.24, 2.45) is 0 Å². The monoisotopic (exact) mass is 481 g/mol. The molecule has 3 aromatic rings. The Balaban J connectivity index is 1.35. The maximum Gasteiger partial charge on any atom is 0.256 e. The Morgan fingerprint density at radius 2 is 1.97 bits per heavy atom. The third kappa shape index (κ3) is 4.59. The average Bonchev–Trinajstić information content (AvgIpc) is 3.38. The minimum atomic E-state index is -3.17. The third-order valence-corrected chi connectivity index (χ3v) is 7.40. The summed E-state index contributed by atoms with van der Waals surface area (Å²) < 4.78 is 38.5. The van der Waals surface area contributed by atoms with Gasteiger partial charge in [0.25, 0.3) is 5.91 Å². The van der Waals surface area contributed by atoms with Crippen LogP contribution in [0.2, 0.25) is 0 Å². The molecule has 1 aromatic heterocycles. The second-order valence-electron chi connectivity index (χ2n) is 8.53. The molecule has 1 fully saturated rings. The zero-order valence-corrected chi connectivity index (χ0v) is 19.3. The maximum atomic E-state index is 13.5. The Hall–Kier alpha value is -3.50. The highest BCUT2D eigenvalue weighted by Gasteiger charge is 2.27. The van der Waals surface area contributed by atoms with Crippen LogP contribution in [0.1, 0.15) is 24.2 Å². The van der Waals surface area contributed by atoms with Crippen LogP contribution in [0.15, 0.2) is 48.7 Å². The molecule has 1 amide bonds. The van der Waals surface area contributed by atoms with E-state index >= 15 is 0 Å². The van der Waals surface area contributed by atoms with Crippen molar-refractivity contribution in [3.63, 3.8) is 0 Å². The van der Waals surface area contributed by atoms with E-state index in [4.69, 9.17) is 0 Å². The van der Waals surface area contributed by atoms with E-state index in [1.54, 1.807) is 24.4 Å². The number of benzene rings is 2. The molecule has 3 N–H and O–H groups in total. The first kappa shape index (κ1) is 22.3. The van der Waals surface area contributed by atoms with E-state index in [9.17, 15) is 17.6 Å². The van der Waals surface area contributed by atoms with Crippen LogP contribution in [0.5, 0.6) is 0 Å². The van der Waals surface area contributed by atoms with Gasteiger partial charge in [-0.1, -0.05) is 12.1 Å². The first-order valence-corrected chi connectivity index (χ1v) is 12.8. The lowest BCUT2D eigenvalue weighted by atomic mass is 10.0. The fourth-order valence-electron chi connectivity index (χ4n) is 4.33. The van der Waals surface area contributed by atoms with Crippen LogP contribution in [-0.2, 0) is 14.8 Å². The molecule has 0 atom stereocenters. The van der Waals surface area contributed by atoms with E-state index in [1.165, 1.54) is 22.7 Å². The number of rotatable bonds is 5. The second kappa shape index (κ2) is 8.69. The van der Waals surface area contributed by atoms with Gasteiger partial charge in [-0.3, -0.25) is 4.79 Å². The van der Waals surface area contributed by atoms with Crippen LogP contribution >= 0.6 is 0 Å². The standard InChI is InChI=1S/C24H24FN5O3S/c1-34(32,33)30-9-7-17(8-10-30)27-18-5-6-21-19(12-18)20(24(31)29-21)13-23-26-14-22(28-23)15-3-2-4-16(25)11-15/h2-6,11-14,17,27H,7-10H2,1H3,(H,26,28)(H,29,31)/b20-13-. The summed E-state index contributed by atoms with van der Waals surface area (Å²) in [6.45, 7) is 0.970. The van der Waals surface area contributed by atoms with Gasteiger partial charge in [-0.15, -0.1) is 0 Å². The average molecular weight is 482 g/mol. The lowest BCUT2D eigenvalue weighted by molar-refractivity contribution is -0.110. The smallest absolute Gasteiger partial charge is 0.256 e.